The maximum Gasteiger partial charge on any atom is 0.258 e. The van der Waals surface area contributed by atoms with Crippen LogP contribution in [-0.2, 0) is 21.2 Å². The third-order valence-corrected chi connectivity index (χ3v) is 7.01. The summed E-state index contributed by atoms with van der Waals surface area (Å²) in [5.74, 6) is 0.499. The number of hydrogen-bond acceptors (Lipinski definition) is 5. The molecule has 1 saturated heterocycles. The molecule has 7 nitrogen and oxygen atoms in total. The molecule has 2 heterocycles. The number of nitrogens with zero attached hydrogens (tertiary/aromatic N) is 2. The van der Waals surface area contributed by atoms with Gasteiger partial charge in [-0.1, -0.05) is 6.07 Å². The van der Waals surface area contributed by atoms with Gasteiger partial charge in [-0.3, -0.25) is 4.79 Å². The molecule has 28 heavy (non-hydrogen) atoms. The fraction of sp³-hybridized carbons (Fsp3) is 0.350. The number of anilines is 1. The first-order valence-corrected chi connectivity index (χ1v) is 10.6. The Bertz CT molecular complexity index is 999. The van der Waals surface area contributed by atoms with Crippen LogP contribution in [0.4, 0.5) is 5.69 Å². The number of benzene rings is 2. The van der Waals surface area contributed by atoms with Gasteiger partial charge in [0.15, 0.2) is 0 Å². The van der Waals surface area contributed by atoms with Crippen molar-refractivity contribution in [3.05, 3.63) is 53.6 Å². The number of hydrogen-bond donors (Lipinski definition) is 0. The van der Waals surface area contributed by atoms with Crippen LogP contribution >= 0.6 is 0 Å². The molecule has 4 rings (SSSR count). The number of amides is 1. The topological polar surface area (TPSA) is 76.2 Å². The summed E-state index contributed by atoms with van der Waals surface area (Å²) in [7, 11) is -1.99. The highest BCUT2D eigenvalue weighted by Gasteiger charge is 2.30. The molecule has 2 aliphatic heterocycles. The standard InChI is InChI=1S/C20H22N2O5S/c1-26-17-4-2-3-16(13-17)20(23)22-8-7-15-14-18(5-6-19(15)22)28(24,25)21-9-11-27-12-10-21/h2-6,13-14H,7-12H2,1H3. The molecular weight excluding hydrogens is 380 g/mol. The Labute approximate surface area is 164 Å². The van der Waals surface area contributed by atoms with E-state index in [1.807, 2.05) is 0 Å². The Kier molecular flexibility index (Phi) is 5.09. The number of morpholine rings is 1. The molecular formula is C20H22N2O5S. The monoisotopic (exact) mass is 402 g/mol. The maximum atomic E-state index is 12.9. The minimum absolute atomic E-state index is 0.124. The first-order chi connectivity index (χ1) is 13.5. The van der Waals surface area contributed by atoms with Crippen molar-refractivity contribution >= 4 is 21.6 Å². The van der Waals surface area contributed by atoms with Crippen molar-refractivity contribution in [3.63, 3.8) is 0 Å². The lowest BCUT2D eigenvalue weighted by molar-refractivity contribution is 0.0730. The van der Waals surface area contributed by atoms with E-state index < -0.39 is 10.0 Å². The predicted molar refractivity (Wildman–Crippen MR) is 104 cm³/mol. The lowest BCUT2D eigenvalue weighted by atomic mass is 10.1. The highest BCUT2D eigenvalue weighted by atomic mass is 32.2. The molecule has 0 saturated carbocycles. The van der Waals surface area contributed by atoms with Crippen LogP contribution in [0.5, 0.6) is 5.75 Å². The highest BCUT2D eigenvalue weighted by molar-refractivity contribution is 7.89. The molecule has 2 aromatic rings. The van der Waals surface area contributed by atoms with E-state index in [1.165, 1.54) is 4.31 Å². The van der Waals surface area contributed by atoms with E-state index in [1.54, 1.807) is 54.5 Å². The molecule has 1 amide bonds. The normalized spacial score (nSPS) is 17.4. The Morgan fingerprint density at radius 2 is 1.86 bits per heavy atom. The Morgan fingerprint density at radius 1 is 1.07 bits per heavy atom. The molecule has 2 aliphatic rings. The molecule has 2 aromatic carbocycles. The average molecular weight is 402 g/mol. The van der Waals surface area contributed by atoms with E-state index >= 15 is 0 Å². The second-order valence-corrected chi connectivity index (χ2v) is 8.68. The van der Waals surface area contributed by atoms with E-state index in [2.05, 4.69) is 0 Å². The van der Waals surface area contributed by atoms with Gasteiger partial charge in [-0.25, -0.2) is 8.42 Å². The number of methoxy groups -OCH3 is 1. The molecule has 0 bridgehead atoms. The van der Waals surface area contributed by atoms with Crippen molar-refractivity contribution in [2.75, 3.05) is 44.9 Å². The molecule has 0 spiro atoms. The molecule has 1 fully saturated rings. The van der Waals surface area contributed by atoms with Gasteiger partial charge in [0.05, 0.1) is 25.2 Å². The summed E-state index contributed by atoms with van der Waals surface area (Å²) in [5.41, 5.74) is 2.16. The van der Waals surface area contributed by atoms with E-state index in [-0.39, 0.29) is 10.8 Å². The van der Waals surface area contributed by atoms with Gasteiger partial charge in [-0.05, 0) is 48.4 Å². The first kappa shape index (κ1) is 18.9. The van der Waals surface area contributed by atoms with Crippen LogP contribution in [0.3, 0.4) is 0 Å². The van der Waals surface area contributed by atoms with Crippen LogP contribution in [0.2, 0.25) is 0 Å². The van der Waals surface area contributed by atoms with Gasteiger partial charge in [0.1, 0.15) is 5.75 Å². The fourth-order valence-corrected chi connectivity index (χ4v) is 5.06. The predicted octanol–water partition coefficient (Wildman–Crippen LogP) is 1.92. The van der Waals surface area contributed by atoms with Crippen LogP contribution in [0.1, 0.15) is 15.9 Å². The summed E-state index contributed by atoms with van der Waals surface area (Å²) in [6, 6.07) is 12.0. The van der Waals surface area contributed by atoms with Gasteiger partial charge in [0.2, 0.25) is 10.0 Å². The zero-order valence-corrected chi connectivity index (χ0v) is 16.4. The zero-order valence-electron chi connectivity index (χ0n) is 15.6. The third kappa shape index (κ3) is 3.39. The summed E-state index contributed by atoms with van der Waals surface area (Å²) in [6.07, 6.45) is 0.623. The average Bonchev–Trinajstić information content (AvgIpc) is 3.17. The van der Waals surface area contributed by atoms with Crippen LogP contribution < -0.4 is 9.64 Å². The number of carbonyl (C=O) groups is 1. The Morgan fingerprint density at radius 3 is 2.61 bits per heavy atom. The summed E-state index contributed by atoms with van der Waals surface area (Å²) in [6.45, 7) is 2.06. The van der Waals surface area contributed by atoms with E-state index in [0.29, 0.717) is 50.6 Å². The summed E-state index contributed by atoms with van der Waals surface area (Å²) >= 11 is 0. The van der Waals surface area contributed by atoms with Crippen LogP contribution in [-0.4, -0.2) is 58.6 Å². The Hall–Kier alpha value is -2.42. The molecule has 0 aliphatic carbocycles. The zero-order chi connectivity index (χ0) is 19.7. The van der Waals surface area contributed by atoms with Crippen molar-refractivity contribution in [1.29, 1.82) is 0 Å². The van der Waals surface area contributed by atoms with Crippen LogP contribution in [0.25, 0.3) is 0 Å². The second kappa shape index (κ2) is 7.54. The van der Waals surface area contributed by atoms with Crippen molar-refractivity contribution in [3.8, 4) is 5.75 Å². The molecule has 0 radical (unpaired) electrons. The molecule has 0 N–H and O–H groups in total. The minimum atomic E-state index is -3.55. The van der Waals surface area contributed by atoms with Crippen molar-refractivity contribution in [2.45, 2.75) is 11.3 Å². The van der Waals surface area contributed by atoms with Gasteiger partial charge in [-0.15, -0.1) is 0 Å². The number of rotatable bonds is 4. The number of sulfonamides is 1. The highest BCUT2D eigenvalue weighted by Crippen LogP contribution is 2.32. The Balaban J connectivity index is 1.60. The summed E-state index contributed by atoms with van der Waals surface area (Å²) in [4.78, 5) is 14.9. The maximum absolute atomic E-state index is 12.9. The van der Waals surface area contributed by atoms with Crippen LogP contribution in [0.15, 0.2) is 47.4 Å². The lowest BCUT2D eigenvalue weighted by Gasteiger charge is -2.26. The molecule has 148 valence electrons. The first-order valence-electron chi connectivity index (χ1n) is 9.17. The van der Waals surface area contributed by atoms with E-state index in [0.717, 1.165) is 11.3 Å². The number of ether oxygens (including phenoxy) is 2. The third-order valence-electron chi connectivity index (χ3n) is 5.12. The van der Waals surface area contributed by atoms with Gasteiger partial charge in [0, 0.05) is 30.9 Å². The van der Waals surface area contributed by atoms with E-state index in [9.17, 15) is 13.2 Å². The van der Waals surface area contributed by atoms with E-state index in [4.69, 9.17) is 9.47 Å². The second-order valence-electron chi connectivity index (χ2n) is 6.75. The minimum Gasteiger partial charge on any atom is -0.497 e. The number of fused-ring (bicyclic) bond motifs is 1. The SMILES string of the molecule is COc1cccc(C(=O)N2CCc3cc(S(=O)(=O)N4CCOCC4)ccc32)c1. The van der Waals surface area contributed by atoms with Crippen molar-refractivity contribution < 1.29 is 22.7 Å². The lowest BCUT2D eigenvalue weighted by Crippen LogP contribution is -2.40. The van der Waals surface area contributed by atoms with Gasteiger partial charge in [0.25, 0.3) is 5.91 Å². The van der Waals surface area contributed by atoms with Gasteiger partial charge >= 0.3 is 0 Å². The molecule has 8 heteroatoms. The molecule has 0 atom stereocenters. The quantitative estimate of drug-likeness (QED) is 0.781. The largest absolute Gasteiger partial charge is 0.497 e. The van der Waals surface area contributed by atoms with Gasteiger partial charge < -0.3 is 14.4 Å². The smallest absolute Gasteiger partial charge is 0.258 e. The molecule has 0 unspecified atom stereocenters. The number of carbonyl (C=O) groups excluding carboxylic acids is 1. The van der Waals surface area contributed by atoms with Crippen LogP contribution in [0, 0.1) is 0 Å². The fourth-order valence-electron chi connectivity index (χ4n) is 3.60. The molecule has 0 aromatic heterocycles. The summed E-state index contributed by atoms with van der Waals surface area (Å²) < 4.78 is 37.6. The van der Waals surface area contributed by atoms with Crippen molar-refractivity contribution in [1.82, 2.24) is 4.31 Å². The van der Waals surface area contributed by atoms with Gasteiger partial charge in [-0.2, -0.15) is 4.31 Å². The van der Waals surface area contributed by atoms with Crippen molar-refractivity contribution in [2.24, 2.45) is 0 Å². The summed E-state index contributed by atoms with van der Waals surface area (Å²) in [5, 5.41) is 0.